The number of pyridine rings is 1. The van der Waals surface area contributed by atoms with Gasteiger partial charge in [0.1, 0.15) is 0 Å². The number of anilines is 3. The van der Waals surface area contributed by atoms with Crippen molar-refractivity contribution >= 4 is 56.4 Å². The molecule has 0 amide bonds. The molecule has 16 nitrogen and oxygen atoms in total. The number of rotatable bonds is 8. The van der Waals surface area contributed by atoms with Crippen molar-refractivity contribution in [2.24, 2.45) is 23.7 Å². The number of benzene rings is 8. The Morgan fingerprint density at radius 2 is 1.05 bits per heavy atom. The summed E-state index contributed by atoms with van der Waals surface area (Å²) in [6.45, 7) is 8.41. The van der Waals surface area contributed by atoms with Crippen molar-refractivity contribution in [1.82, 2.24) is 4.98 Å². The fourth-order valence-electron chi connectivity index (χ4n) is 17.8. The van der Waals surface area contributed by atoms with Crippen LogP contribution >= 0.6 is 0 Å². The van der Waals surface area contributed by atoms with Gasteiger partial charge in [-0.3, -0.25) is 40.5 Å². The van der Waals surface area contributed by atoms with Gasteiger partial charge in [0.2, 0.25) is 0 Å². The molecular weight excluding hydrogens is 1200 g/mol. The van der Waals surface area contributed by atoms with Crippen LogP contribution in [0.1, 0.15) is 160 Å². The van der Waals surface area contributed by atoms with E-state index in [1.165, 1.54) is 87.7 Å². The quantitative estimate of drug-likeness (QED) is 0.0734. The maximum absolute atomic E-state index is 11.2. The predicted molar refractivity (Wildman–Crippen MR) is 378 cm³/mol. The van der Waals surface area contributed by atoms with E-state index in [2.05, 4.69) is 165 Å². The zero-order chi connectivity index (χ0) is 66.2. The van der Waals surface area contributed by atoms with Crippen LogP contribution in [0.4, 0.5) is 39.8 Å². The third kappa shape index (κ3) is 11.3. The molecule has 0 saturated heterocycles. The van der Waals surface area contributed by atoms with Crippen LogP contribution in [0.2, 0.25) is 0 Å². The summed E-state index contributed by atoms with van der Waals surface area (Å²) in [6, 6.07) is 55.5. The smallest absolute Gasteiger partial charge is 0.270 e. The number of nitrogens with zero attached hydrogens (tertiary/aromatic N) is 5. The molecule has 4 heterocycles. The zero-order valence-corrected chi connectivity index (χ0v) is 54.0. The van der Waals surface area contributed by atoms with Crippen LogP contribution < -0.4 is 16.0 Å². The van der Waals surface area contributed by atoms with E-state index in [9.17, 15) is 40.5 Å². The molecule has 96 heavy (non-hydrogen) atoms. The van der Waals surface area contributed by atoms with E-state index < -0.39 is 0 Å². The molecule has 9 aromatic rings. The lowest BCUT2D eigenvalue weighted by Gasteiger charge is -2.43. The average Bonchev–Trinajstić information content (AvgIpc) is 1.47. The Labute approximate surface area is 556 Å². The molecule has 18 rings (SSSR count). The van der Waals surface area contributed by atoms with Crippen molar-refractivity contribution in [3.63, 3.8) is 0 Å². The first kappa shape index (κ1) is 61.6. The fourth-order valence-corrected chi connectivity index (χ4v) is 17.8. The summed E-state index contributed by atoms with van der Waals surface area (Å²) >= 11 is 0. The Hall–Kier alpha value is -10.6. The molecule has 4 bridgehead atoms. The monoisotopic (exact) mass is 1270 g/mol. The maximum atomic E-state index is 11.2. The van der Waals surface area contributed by atoms with E-state index in [4.69, 9.17) is 4.98 Å². The molecule has 7 unspecified atom stereocenters. The molecule has 11 atom stereocenters. The minimum atomic E-state index is -0.332. The van der Waals surface area contributed by atoms with E-state index in [0.717, 1.165) is 86.8 Å². The average molecular weight is 1280 g/mol. The van der Waals surface area contributed by atoms with Crippen LogP contribution in [-0.2, 0) is 0 Å². The lowest BCUT2D eigenvalue weighted by molar-refractivity contribution is -0.385. The zero-order valence-electron chi connectivity index (χ0n) is 54.0. The molecule has 9 aliphatic rings. The van der Waals surface area contributed by atoms with E-state index in [1.807, 2.05) is 24.3 Å². The highest BCUT2D eigenvalue weighted by atomic mass is 16.6. The van der Waals surface area contributed by atoms with E-state index >= 15 is 0 Å². The third-order valence-electron chi connectivity index (χ3n) is 22.0. The van der Waals surface area contributed by atoms with E-state index in [0.29, 0.717) is 47.5 Å². The van der Waals surface area contributed by atoms with Gasteiger partial charge in [-0.2, -0.15) is 0 Å². The van der Waals surface area contributed by atoms with Gasteiger partial charge in [0.25, 0.3) is 22.7 Å². The molecule has 3 fully saturated rings. The summed E-state index contributed by atoms with van der Waals surface area (Å²) in [6.07, 6.45) is 18.0. The van der Waals surface area contributed by atoms with Crippen LogP contribution in [-0.4, -0.2) is 24.7 Å². The molecular formula is C80H74N8O8. The maximum Gasteiger partial charge on any atom is 0.270 e. The first-order valence-corrected chi connectivity index (χ1v) is 33.6. The number of nitro benzene ring substituents is 4. The number of aryl methyl sites for hydroxylation is 4. The highest BCUT2D eigenvalue weighted by molar-refractivity contribution is 5.91. The summed E-state index contributed by atoms with van der Waals surface area (Å²) in [5.41, 5.74) is 23.8. The second-order valence-corrected chi connectivity index (χ2v) is 27.8. The minimum Gasteiger partial charge on any atom is -0.378 e. The summed E-state index contributed by atoms with van der Waals surface area (Å²) < 4.78 is 0. The van der Waals surface area contributed by atoms with E-state index in [1.54, 1.807) is 48.5 Å². The van der Waals surface area contributed by atoms with Gasteiger partial charge in [0.05, 0.1) is 43.0 Å². The highest BCUT2D eigenvalue weighted by Gasteiger charge is 2.54. The second-order valence-electron chi connectivity index (χ2n) is 27.8. The first-order valence-electron chi connectivity index (χ1n) is 33.6. The van der Waals surface area contributed by atoms with Gasteiger partial charge in [0.15, 0.2) is 0 Å². The topological polar surface area (TPSA) is 222 Å². The molecule has 482 valence electrons. The second kappa shape index (κ2) is 24.9. The van der Waals surface area contributed by atoms with Crippen LogP contribution in [0.15, 0.2) is 200 Å². The number of hydrogen-bond donors (Lipinski definition) is 3. The van der Waals surface area contributed by atoms with Gasteiger partial charge in [-0.25, -0.2) is 4.98 Å². The van der Waals surface area contributed by atoms with Crippen molar-refractivity contribution in [3.05, 3.63) is 307 Å². The van der Waals surface area contributed by atoms with E-state index in [-0.39, 0.29) is 54.4 Å². The Bertz CT molecular complexity index is 4770. The van der Waals surface area contributed by atoms with Gasteiger partial charge < -0.3 is 16.0 Å². The molecule has 6 aliphatic carbocycles. The van der Waals surface area contributed by atoms with Gasteiger partial charge >= 0.3 is 0 Å². The lowest BCUT2D eigenvalue weighted by atomic mass is 9.68. The summed E-state index contributed by atoms with van der Waals surface area (Å²) in [4.78, 5) is 48.3. The molecule has 3 N–H and O–H groups in total. The van der Waals surface area contributed by atoms with Crippen molar-refractivity contribution in [3.8, 4) is 11.3 Å². The number of non-ortho nitro benzene ring substituents is 4. The molecule has 8 aromatic carbocycles. The molecule has 0 radical (unpaired) electrons. The van der Waals surface area contributed by atoms with Crippen molar-refractivity contribution in [2.45, 2.75) is 121 Å². The molecule has 0 spiro atoms. The van der Waals surface area contributed by atoms with Crippen molar-refractivity contribution in [1.29, 1.82) is 0 Å². The predicted octanol–water partition coefficient (Wildman–Crippen LogP) is 20.2. The van der Waals surface area contributed by atoms with Gasteiger partial charge in [0, 0.05) is 94.1 Å². The summed E-state index contributed by atoms with van der Waals surface area (Å²) in [5, 5.41) is 56.4. The normalized spacial score (nSPS) is 24.1. The molecule has 3 aliphatic heterocycles. The van der Waals surface area contributed by atoms with Crippen LogP contribution in [0.25, 0.3) is 27.9 Å². The summed E-state index contributed by atoms with van der Waals surface area (Å²) in [5.74, 6) is 4.36. The number of allylic oxidation sites excluding steroid dienone is 4. The third-order valence-corrected chi connectivity index (χ3v) is 22.0. The largest absolute Gasteiger partial charge is 0.378 e. The molecule has 16 heteroatoms. The highest BCUT2D eigenvalue weighted by Crippen LogP contribution is 2.64. The number of nitrogens with one attached hydrogen (secondary N) is 3. The molecule has 3 saturated carbocycles. The Morgan fingerprint density at radius 3 is 1.72 bits per heavy atom. The Balaban J connectivity index is 0.000000105. The number of fused-ring (bicyclic) bond motifs is 20. The summed E-state index contributed by atoms with van der Waals surface area (Å²) in [7, 11) is 0. The Morgan fingerprint density at radius 1 is 0.479 bits per heavy atom. The SMILES string of the molecule is Cc1ccc(C2=C3C=CCC3c3cc([N+](=O)[O-])ccc3N2)cc1.Cc1cccc(-c2nc3ccc([N+](=O)[O-])cc3c3c2[C@H]2CC[C@@H]3C2)c1.Cc1cccc(C2Nc3ccc([N+](=O)[O-])cc3C3C2[C@H]2CC[C@@H]3C2)c1.Cc1cccc(C2Nc3ccc([N+](=O)[O-])cc3C3CC=CC32)c1. The van der Waals surface area contributed by atoms with Crippen molar-refractivity contribution < 1.29 is 19.7 Å². The Kier molecular flexibility index (Phi) is 16.0. The van der Waals surface area contributed by atoms with Crippen LogP contribution in [0, 0.1) is 91.8 Å². The first-order chi connectivity index (χ1) is 46.5. The minimum absolute atomic E-state index is 0.149. The van der Waals surface area contributed by atoms with Crippen molar-refractivity contribution in [2.75, 3.05) is 16.0 Å². The number of hydrogen-bond acceptors (Lipinski definition) is 12. The fraction of sp³-hybridized carbons (Fsp3) is 0.287. The van der Waals surface area contributed by atoms with Crippen LogP contribution in [0.3, 0.4) is 0 Å². The number of nitro groups is 4. The standard InChI is InChI=1S/C21H22N2O2.C21H18N2O2.C19H18N2O2.C19H16N2O2/c2*1-12-3-2-4-15(9-12)21-20-14-6-5-13(10-14)19(20)17-11-16(23(24)25)7-8-18(17)22-21;1-12-4-2-5-13(10-12)19-16-7-3-6-15(16)17-11-14(21(22)23)8-9-18(17)20-19;1-12-5-7-13(8-6-12)19-16-4-2-3-15(16)17-11-14(21(22)23)9-10-18(17)20-19/h2-4,7-9,11,13-14,19-22H,5-6,10H2,1H3;2-4,7-9,11,13-14H,5-6,10H2,1H3;2-5,7-11,15-16,19-20H,6H2,1H3;2,4-11,15,20H,3H2,1H3/t13-,14+,19?,20?,21?;13-,14+;;/m11../s1. The van der Waals surface area contributed by atoms with Gasteiger partial charge in [-0.1, -0.05) is 138 Å². The molecule has 1 aromatic heterocycles. The van der Waals surface area contributed by atoms with Crippen LogP contribution in [0.5, 0.6) is 0 Å². The van der Waals surface area contributed by atoms with Gasteiger partial charge in [-0.05, 0) is 201 Å². The van der Waals surface area contributed by atoms with Gasteiger partial charge in [-0.15, -0.1) is 0 Å². The lowest BCUT2D eigenvalue weighted by Crippen LogP contribution is -2.35. The number of aromatic nitrogens is 1.